The highest BCUT2D eigenvalue weighted by atomic mass is 32.2. The van der Waals surface area contributed by atoms with Gasteiger partial charge < -0.3 is 10.2 Å². The smallest absolute Gasteiger partial charge is 0.261 e. The van der Waals surface area contributed by atoms with Crippen LogP contribution in [0, 0.1) is 5.82 Å². The number of carbonyl (C=O) groups excluding carboxylic acids is 2. The molecule has 2 amide bonds. The molecule has 1 saturated heterocycles. The number of piperidine rings is 1. The number of nitrogens with zero attached hydrogens (tertiary/aromatic N) is 1. The summed E-state index contributed by atoms with van der Waals surface area (Å²) in [6.07, 6.45) is 1.90. The van der Waals surface area contributed by atoms with E-state index in [2.05, 4.69) is 10.0 Å². The van der Waals surface area contributed by atoms with E-state index in [4.69, 9.17) is 0 Å². The zero-order valence-corrected chi connectivity index (χ0v) is 17.4. The van der Waals surface area contributed by atoms with Gasteiger partial charge in [-0.05, 0) is 49.2 Å². The van der Waals surface area contributed by atoms with Crippen LogP contribution in [0.3, 0.4) is 0 Å². The molecular weight excluding hydrogens is 409 g/mol. The van der Waals surface area contributed by atoms with Gasteiger partial charge in [-0.3, -0.25) is 14.3 Å². The van der Waals surface area contributed by atoms with Gasteiger partial charge in [0, 0.05) is 25.6 Å². The zero-order valence-electron chi connectivity index (χ0n) is 16.6. The molecule has 0 bridgehead atoms. The lowest BCUT2D eigenvalue weighted by Crippen LogP contribution is -2.49. The molecule has 1 fully saturated rings. The van der Waals surface area contributed by atoms with Crippen LogP contribution < -0.4 is 10.0 Å². The van der Waals surface area contributed by atoms with Gasteiger partial charge in [0.2, 0.25) is 5.91 Å². The maximum absolute atomic E-state index is 13.1. The third kappa shape index (κ3) is 5.15. The Bertz CT molecular complexity index is 1020. The highest BCUT2D eigenvalue weighted by Crippen LogP contribution is 2.23. The number of carbonyl (C=O) groups is 2. The normalized spacial score (nSPS) is 16.7. The Morgan fingerprint density at radius 1 is 1.13 bits per heavy atom. The Hall–Kier alpha value is -2.94. The van der Waals surface area contributed by atoms with Crippen molar-refractivity contribution >= 4 is 27.5 Å². The average Bonchev–Trinajstić information content (AvgIpc) is 2.74. The topological polar surface area (TPSA) is 95.6 Å². The minimum atomic E-state index is -3.99. The zero-order chi connectivity index (χ0) is 21.7. The molecule has 2 N–H and O–H groups in total. The number of anilines is 1. The Kier molecular flexibility index (Phi) is 6.71. The summed E-state index contributed by atoms with van der Waals surface area (Å²) in [4.78, 5) is 26.3. The van der Waals surface area contributed by atoms with Gasteiger partial charge in [0.15, 0.2) is 0 Å². The first-order valence-electron chi connectivity index (χ1n) is 9.76. The van der Waals surface area contributed by atoms with Gasteiger partial charge in [-0.25, -0.2) is 12.8 Å². The molecule has 1 aliphatic rings. The summed E-state index contributed by atoms with van der Waals surface area (Å²) in [5.41, 5.74) is 0.359. The third-order valence-electron chi connectivity index (χ3n) is 4.92. The summed E-state index contributed by atoms with van der Waals surface area (Å²) in [7, 11) is -3.99. The van der Waals surface area contributed by atoms with Crippen molar-refractivity contribution in [3.8, 4) is 0 Å². The van der Waals surface area contributed by atoms with Crippen LogP contribution in [0.1, 0.15) is 36.5 Å². The number of para-hydroxylation sites is 1. The van der Waals surface area contributed by atoms with E-state index < -0.39 is 15.8 Å². The lowest BCUT2D eigenvalue weighted by molar-refractivity contribution is -0.121. The first kappa shape index (κ1) is 21.8. The van der Waals surface area contributed by atoms with E-state index in [1.807, 2.05) is 0 Å². The van der Waals surface area contributed by atoms with Crippen LogP contribution in [0.4, 0.5) is 10.1 Å². The molecule has 7 nitrogen and oxygen atoms in total. The molecule has 1 unspecified atom stereocenters. The number of amides is 2. The molecule has 1 aliphatic heterocycles. The Morgan fingerprint density at radius 2 is 1.83 bits per heavy atom. The Morgan fingerprint density at radius 3 is 2.53 bits per heavy atom. The summed E-state index contributed by atoms with van der Waals surface area (Å²) in [6.45, 7) is 2.66. The maximum atomic E-state index is 13.1. The fraction of sp³-hybridized carbons (Fsp3) is 0.333. The van der Waals surface area contributed by atoms with Crippen LogP contribution in [-0.4, -0.2) is 44.3 Å². The number of benzene rings is 2. The second-order valence-electron chi connectivity index (χ2n) is 7.12. The van der Waals surface area contributed by atoms with E-state index in [1.165, 1.54) is 6.07 Å². The lowest BCUT2D eigenvalue weighted by Gasteiger charge is -2.33. The predicted molar refractivity (Wildman–Crippen MR) is 111 cm³/mol. The van der Waals surface area contributed by atoms with Gasteiger partial charge in [-0.1, -0.05) is 19.1 Å². The summed E-state index contributed by atoms with van der Waals surface area (Å²) >= 11 is 0. The first-order valence-corrected chi connectivity index (χ1v) is 11.2. The summed E-state index contributed by atoms with van der Waals surface area (Å²) < 4.78 is 40.9. The van der Waals surface area contributed by atoms with Gasteiger partial charge in [0.25, 0.3) is 15.9 Å². The molecule has 0 spiro atoms. The quantitative estimate of drug-likeness (QED) is 0.732. The number of nitrogens with one attached hydrogen (secondary N) is 2. The molecule has 9 heteroatoms. The van der Waals surface area contributed by atoms with Crippen LogP contribution in [0.25, 0.3) is 0 Å². The van der Waals surface area contributed by atoms with Crippen molar-refractivity contribution < 1.29 is 22.4 Å². The maximum Gasteiger partial charge on any atom is 0.261 e. The minimum Gasteiger partial charge on any atom is -0.352 e. The molecule has 0 aromatic heterocycles. The fourth-order valence-corrected chi connectivity index (χ4v) is 4.44. The van der Waals surface area contributed by atoms with Crippen LogP contribution in [0.2, 0.25) is 0 Å². The third-order valence-corrected chi connectivity index (χ3v) is 6.30. The lowest BCUT2D eigenvalue weighted by atomic mass is 10.0. The number of sulfonamides is 1. The number of rotatable bonds is 6. The van der Waals surface area contributed by atoms with Gasteiger partial charge in [0.05, 0.1) is 16.1 Å². The van der Waals surface area contributed by atoms with Crippen LogP contribution in [0.5, 0.6) is 0 Å². The van der Waals surface area contributed by atoms with E-state index in [9.17, 15) is 22.4 Å². The van der Waals surface area contributed by atoms with E-state index in [0.717, 1.165) is 37.1 Å². The highest BCUT2D eigenvalue weighted by Gasteiger charge is 2.27. The van der Waals surface area contributed by atoms with Gasteiger partial charge in [-0.15, -0.1) is 0 Å². The number of hydrogen-bond donors (Lipinski definition) is 2. The molecule has 0 radical (unpaired) electrons. The molecule has 1 atom stereocenters. The molecule has 30 heavy (non-hydrogen) atoms. The second kappa shape index (κ2) is 9.25. The van der Waals surface area contributed by atoms with E-state index in [1.54, 1.807) is 30.0 Å². The molecule has 1 heterocycles. The predicted octanol–water partition coefficient (Wildman–Crippen LogP) is 2.76. The van der Waals surface area contributed by atoms with Crippen molar-refractivity contribution in [2.45, 2.75) is 37.1 Å². The van der Waals surface area contributed by atoms with Crippen LogP contribution >= 0.6 is 0 Å². The average molecular weight is 434 g/mol. The fourth-order valence-electron chi connectivity index (χ4n) is 3.36. The summed E-state index contributed by atoms with van der Waals surface area (Å²) in [5.74, 6) is -0.927. The SMILES string of the molecule is CCC(=O)NC1CCCN(C(=O)c2ccccc2NS(=O)(=O)c2ccc(F)cc2)C1. The largest absolute Gasteiger partial charge is 0.352 e. The standard InChI is InChI=1S/C21H24FN3O4S/c1-2-20(26)23-16-6-5-13-25(14-16)21(27)18-7-3-4-8-19(18)24-30(28,29)17-11-9-15(22)10-12-17/h3-4,7-12,16,24H,2,5-6,13-14H2,1H3,(H,23,26). The van der Waals surface area contributed by atoms with Gasteiger partial charge in [0.1, 0.15) is 5.82 Å². The van der Waals surface area contributed by atoms with Crippen molar-refractivity contribution in [1.29, 1.82) is 0 Å². The molecular formula is C21H24FN3O4S. The van der Waals surface area contributed by atoms with E-state index in [0.29, 0.717) is 19.5 Å². The van der Waals surface area contributed by atoms with Crippen molar-refractivity contribution in [2.24, 2.45) is 0 Å². The van der Waals surface area contributed by atoms with Crippen LogP contribution in [-0.2, 0) is 14.8 Å². The molecule has 0 saturated carbocycles. The molecule has 2 aromatic carbocycles. The molecule has 0 aliphatic carbocycles. The van der Waals surface area contributed by atoms with Crippen molar-refractivity contribution in [3.05, 3.63) is 59.9 Å². The monoisotopic (exact) mass is 433 g/mol. The molecule has 160 valence electrons. The van der Waals surface area contributed by atoms with Crippen molar-refractivity contribution in [2.75, 3.05) is 17.8 Å². The van der Waals surface area contributed by atoms with Crippen molar-refractivity contribution in [3.63, 3.8) is 0 Å². The number of hydrogen-bond acceptors (Lipinski definition) is 4. The van der Waals surface area contributed by atoms with Crippen LogP contribution in [0.15, 0.2) is 53.4 Å². The summed E-state index contributed by atoms with van der Waals surface area (Å²) in [5, 5.41) is 2.91. The van der Waals surface area contributed by atoms with E-state index >= 15 is 0 Å². The van der Waals surface area contributed by atoms with Crippen molar-refractivity contribution in [1.82, 2.24) is 10.2 Å². The highest BCUT2D eigenvalue weighted by molar-refractivity contribution is 7.92. The molecule has 3 rings (SSSR count). The minimum absolute atomic E-state index is 0.0678. The summed E-state index contributed by atoms with van der Waals surface area (Å²) in [6, 6.07) is 10.7. The van der Waals surface area contributed by atoms with Gasteiger partial charge >= 0.3 is 0 Å². The van der Waals surface area contributed by atoms with Gasteiger partial charge in [-0.2, -0.15) is 0 Å². The number of likely N-dealkylation sites (tertiary alicyclic amines) is 1. The molecule has 2 aromatic rings. The number of halogens is 1. The first-order chi connectivity index (χ1) is 14.3. The Labute approximate surface area is 175 Å². The Balaban J connectivity index is 1.80. The second-order valence-corrected chi connectivity index (χ2v) is 8.80. The van der Waals surface area contributed by atoms with E-state index in [-0.39, 0.29) is 34.0 Å².